The van der Waals surface area contributed by atoms with Crippen LogP contribution in [0.1, 0.15) is 22.6 Å². The predicted octanol–water partition coefficient (Wildman–Crippen LogP) is 5.81. The molecule has 0 unspecified atom stereocenters. The van der Waals surface area contributed by atoms with Crippen molar-refractivity contribution in [1.82, 2.24) is 0 Å². The van der Waals surface area contributed by atoms with Gasteiger partial charge in [-0.1, -0.05) is 47.5 Å². The second-order valence-electron chi connectivity index (χ2n) is 7.74. The van der Waals surface area contributed by atoms with E-state index in [0.29, 0.717) is 0 Å². The van der Waals surface area contributed by atoms with E-state index in [1.54, 1.807) is 36.4 Å². The second kappa shape index (κ2) is 8.69. The van der Waals surface area contributed by atoms with Crippen molar-refractivity contribution in [1.29, 1.82) is 0 Å². The standard InChI is InChI=1S/C26H16Cl2O7/c1-33-24-15(10-12(27)11-16(24)28)19(20-22(29)13-6-2-4-8-17(13)34-25(20)31)21-23(30)14-7-3-5-9-18(14)35-26(21)32/h2-11,19,29-30H,1H3. The van der Waals surface area contributed by atoms with Gasteiger partial charge in [-0.2, -0.15) is 0 Å². The van der Waals surface area contributed by atoms with E-state index in [-0.39, 0.29) is 54.4 Å². The summed E-state index contributed by atoms with van der Waals surface area (Å²) in [6.45, 7) is 0. The van der Waals surface area contributed by atoms with Crippen LogP contribution in [-0.4, -0.2) is 17.3 Å². The average Bonchev–Trinajstić information content (AvgIpc) is 2.82. The van der Waals surface area contributed by atoms with Gasteiger partial charge in [-0.3, -0.25) is 0 Å². The molecule has 5 aromatic rings. The maximum atomic E-state index is 13.3. The van der Waals surface area contributed by atoms with Crippen LogP contribution in [0.2, 0.25) is 10.0 Å². The fourth-order valence-corrected chi connectivity index (χ4v) is 4.86. The molecular formula is C26H16Cl2O7. The van der Waals surface area contributed by atoms with Gasteiger partial charge >= 0.3 is 11.3 Å². The quantitative estimate of drug-likeness (QED) is 0.293. The summed E-state index contributed by atoms with van der Waals surface area (Å²) in [4.78, 5) is 26.5. The van der Waals surface area contributed by atoms with Crippen LogP contribution in [0, 0.1) is 0 Å². The van der Waals surface area contributed by atoms with Gasteiger partial charge in [0.2, 0.25) is 0 Å². The molecule has 0 spiro atoms. The monoisotopic (exact) mass is 510 g/mol. The normalized spacial score (nSPS) is 11.4. The molecule has 0 amide bonds. The van der Waals surface area contributed by atoms with E-state index >= 15 is 0 Å². The Bertz CT molecular complexity index is 1640. The Morgan fingerprint density at radius 3 is 1.77 bits per heavy atom. The van der Waals surface area contributed by atoms with Crippen LogP contribution in [0.25, 0.3) is 21.9 Å². The maximum absolute atomic E-state index is 13.3. The Kier molecular flexibility index (Phi) is 5.67. The number of ether oxygens (including phenoxy) is 1. The molecule has 0 atom stereocenters. The summed E-state index contributed by atoms with van der Waals surface area (Å²) in [6, 6.07) is 15.6. The minimum atomic E-state index is -1.41. The van der Waals surface area contributed by atoms with Crippen LogP contribution in [0.15, 0.2) is 79.1 Å². The summed E-state index contributed by atoms with van der Waals surface area (Å²) < 4.78 is 16.4. The van der Waals surface area contributed by atoms with Gasteiger partial charge in [0.1, 0.15) is 28.4 Å². The largest absolute Gasteiger partial charge is 0.507 e. The molecule has 176 valence electrons. The summed E-state index contributed by atoms with van der Waals surface area (Å²) in [5.41, 5.74) is -2.09. The van der Waals surface area contributed by atoms with Crippen LogP contribution < -0.4 is 16.0 Å². The van der Waals surface area contributed by atoms with Crippen molar-refractivity contribution >= 4 is 45.1 Å². The average molecular weight is 511 g/mol. The number of para-hydroxylation sites is 2. The highest BCUT2D eigenvalue weighted by Crippen LogP contribution is 2.47. The highest BCUT2D eigenvalue weighted by atomic mass is 35.5. The summed E-state index contributed by atoms with van der Waals surface area (Å²) in [5, 5.41) is 23.2. The van der Waals surface area contributed by atoms with E-state index in [9.17, 15) is 19.8 Å². The first kappa shape index (κ1) is 22.8. The van der Waals surface area contributed by atoms with Gasteiger partial charge < -0.3 is 23.8 Å². The topological polar surface area (TPSA) is 110 Å². The lowest BCUT2D eigenvalue weighted by Crippen LogP contribution is -2.22. The fraction of sp³-hybridized carbons (Fsp3) is 0.0769. The molecule has 9 heteroatoms. The number of rotatable bonds is 4. The molecule has 2 heterocycles. The molecule has 0 bridgehead atoms. The fourth-order valence-electron chi connectivity index (χ4n) is 4.27. The third-order valence-corrected chi connectivity index (χ3v) is 6.27. The van der Waals surface area contributed by atoms with Crippen LogP contribution in [0.4, 0.5) is 0 Å². The summed E-state index contributed by atoms with van der Waals surface area (Å²) in [7, 11) is 1.35. The van der Waals surface area contributed by atoms with E-state index < -0.39 is 28.7 Å². The van der Waals surface area contributed by atoms with Gasteiger partial charge in [0, 0.05) is 10.6 Å². The lowest BCUT2D eigenvalue weighted by Gasteiger charge is -2.22. The molecule has 0 saturated heterocycles. The van der Waals surface area contributed by atoms with Crippen molar-refractivity contribution in [3.05, 3.63) is 108 Å². The first-order valence-electron chi connectivity index (χ1n) is 10.3. The van der Waals surface area contributed by atoms with Gasteiger partial charge in [-0.15, -0.1) is 0 Å². The number of fused-ring (bicyclic) bond motifs is 2. The SMILES string of the molecule is COc1c(Cl)cc(Cl)cc1C(c1c(O)c2ccccc2oc1=O)c1c(O)c2ccccc2oc1=O. The highest BCUT2D eigenvalue weighted by Gasteiger charge is 2.35. The zero-order valence-electron chi connectivity index (χ0n) is 18.0. The van der Waals surface area contributed by atoms with E-state index in [1.165, 1.54) is 31.4 Å². The van der Waals surface area contributed by atoms with E-state index in [0.717, 1.165) is 0 Å². The van der Waals surface area contributed by atoms with Crippen LogP contribution in [-0.2, 0) is 0 Å². The molecule has 3 aromatic carbocycles. The summed E-state index contributed by atoms with van der Waals surface area (Å²) >= 11 is 12.6. The first-order valence-corrected chi connectivity index (χ1v) is 11.1. The Labute approximate surface area is 207 Å². The second-order valence-corrected chi connectivity index (χ2v) is 8.58. The van der Waals surface area contributed by atoms with Crippen molar-refractivity contribution in [2.75, 3.05) is 7.11 Å². The zero-order valence-corrected chi connectivity index (χ0v) is 19.6. The number of hydrogen-bond donors (Lipinski definition) is 2. The maximum Gasteiger partial charge on any atom is 0.344 e. The van der Waals surface area contributed by atoms with Gasteiger partial charge in [0.15, 0.2) is 0 Å². The Hall–Kier alpha value is -3.94. The minimum absolute atomic E-state index is 0.0833. The minimum Gasteiger partial charge on any atom is -0.507 e. The van der Waals surface area contributed by atoms with Crippen molar-refractivity contribution in [3.63, 3.8) is 0 Å². The molecule has 2 aromatic heterocycles. The smallest absolute Gasteiger partial charge is 0.344 e. The Balaban J connectivity index is 1.98. The van der Waals surface area contributed by atoms with Crippen molar-refractivity contribution in [2.45, 2.75) is 5.92 Å². The Morgan fingerprint density at radius 2 is 1.29 bits per heavy atom. The van der Waals surface area contributed by atoms with E-state index in [4.69, 9.17) is 36.8 Å². The lowest BCUT2D eigenvalue weighted by atomic mass is 9.84. The summed E-state index contributed by atoms with van der Waals surface area (Å²) in [6.07, 6.45) is 0. The highest BCUT2D eigenvalue weighted by molar-refractivity contribution is 6.35. The zero-order chi connectivity index (χ0) is 24.9. The molecule has 0 fully saturated rings. The summed E-state index contributed by atoms with van der Waals surface area (Å²) in [5.74, 6) is -2.21. The molecule has 0 saturated carbocycles. The van der Waals surface area contributed by atoms with Crippen LogP contribution >= 0.6 is 23.2 Å². The number of halogens is 2. The molecule has 0 aliphatic heterocycles. The third kappa shape index (κ3) is 3.69. The van der Waals surface area contributed by atoms with Gasteiger partial charge in [-0.25, -0.2) is 9.59 Å². The molecule has 0 radical (unpaired) electrons. The molecule has 0 aliphatic carbocycles. The number of aromatic hydroxyl groups is 2. The van der Waals surface area contributed by atoms with Crippen molar-refractivity contribution in [3.8, 4) is 17.2 Å². The number of hydrogen-bond acceptors (Lipinski definition) is 7. The first-order chi connectivity index (χ1) is 16.8. The predicted molar refractivity (Wildman–Crippen MR) is 132 cm³/mol. The Morgan fingerprint density at radius 1 is 0.800 bits per heavy atom. The lowest BCUT2D eigenvalue weighted by molar-refractivity contribution is 0.405. The molecular weight excluding hydrogens is 495 g/mol. The molecule has 0 aliphatic rings. The van der Waals surface area contributed by atoms with Crippen molar-refractivity contribution in [2.24, 2.45) is 0 Å². The number of benzene rings is 3. The van der Waals surface area contributed by atoms with Gasteiger partial charge in [0.05, 0.1) is 39.9 Å². The molecule has 2 N–H and O–H groups in total. The van der Waals surface area contributed by atoms with Crippen molar-refractivity contribution < 1.29 is 23.8 Å². The van der Waals surface area contributed by atoms with E-state index in [1.807, 2.05) is 0 Å². The molecule has 5 rings (SSSR count). The van der Waals surface area contributed by atoms with Gasteiger partial charge in [-0.05, 0) is 36.4 Å². The van der Waals surface area contributed by atoms with Crippen LogP contribution in [0.3, 0.4) is 0 Å². The number of methoxy groups -OCH3 is 1. The third-order valence-electron chi connectivity index (χ3n) is 5.77. The van der Waals surface area contributed by atoms with Crippen LogP contribution in [0.5, 0.6) is 17.2 Å². The van der Waals surface area contributed by atoms with E-state index in [2.05, 4.69) is 0 Å². The molecule has 35 heavy (non-hydrogen) atoms. The van der Waals surface area contributed by atoms with Gasteiger partial charge in [0.25, 0.3) is 0 Å². The molecule has 7 nitrogen and oxygen atoms in total.